The van der Waals surface area contributed by atoms with Crippen LogP contribution in [0.3, 0.4) is 0 Å². The van der Waals surface area contributed by atoms with E-state index in [9.17, 15) is 13.6 Å². The fourth-order valence-electron chi connectivity index (χ4n) is 1.76. The van der Waals surface area contributed by atoms with E-state index in [1.54, 1.807) is 24.3 Å². The van der Waals surface area contributed by atoms with Gasteiger partial charge in [0.15, 0.2) is 5.82 Å². The second-order valence-corrected chi connectivity index (χ2v) is 4.90. The summed E-state index contributed by atoms with van der Waals surface area (Å²) in [4.78, 5) is 11.7. The molecule has 0 aromatic heterocycles. The summed E-state index contributed by atoms with van der Waals surface area (Å²) in [6.07, 6.45) is 0. The van der Waals surface area contributed by atoms with Gasteiger partial charge >= 0.3 is 0 Å². The summed E-state index contributed by atoms with van der Waals surface area (Å²) >= 11 is 5.79. The molecule has 21 heavy (non-hydrogen) atoms. The van der Waals surface area contributed by atoms with E-state index in [1.807, 2.05) is 0 Å². The average Bonchev–Trinajstić information content (AvgIpc) is 2.43. The highest BCUT2D eigenvalue weighted by atomic mass is 35.5. The lowest BCUT2D eigenvalue weighted by molar-refractivity contribution is -0.114. The van der Waals surface area contributed by atoms with Gasteiger partial charge in [0.1, 0.15) is 11.5 Å². The van der Waals surface area contributed by atoms with Crippen molar-refractivity contribution in [2.75, 3.05) is 17.2 Å². The standard InChI is InChI=1S/C15H13ClF2N2O/c1-9-5-6-12(17)15(14(9)18)19-8-13(21)20-11-4-2-3-10(16)7-11/h2-7,19H,8H2,1H3,(H,20,21). The van der Waals surface area contributed by atoms with E-state index >= 15 is 0 Å². The number of halogens is 3. The summed E-state index contributed by atoms with van der Waals surface area (Å²) in [7, 11) is 0. The van der Waals surface area contributed by atoms with Crippen molar-refractivity contribution < 1.29 is 13.6 Å². The third-order valence-corrected chi connectivity index (χ3v) is 3.05. The molecule has 2 rings (SSSR count). The third-order valence-electron chi connectivity index (χ3n) is 2.82. The van der Waals surface area contributed by atoms with Gasteiger partial charge in [-0.3, -0.25) is 4.79 Å². The SMILES string of the molecule is Cc1ccc(F)c(NCC(=O)Nc2cccc(Cl)c2)c1F. The second kappa shape index (κ2) is 6.54. The number of nitrogens with one attached hydrogen (secondary N) is 2. The Morgan fingerprint density at radius 2 is 2.00 bits per heavy atom. The third kappa shape index (κ3) is 3.92. The van der Waals surface area contributed by atoms with Gasteiger partial charge in [0.05, 0.1) is 6.54 Å². The number of aryl methyl sites for hydroxylation is 1. The van der Waals surface area contributed by atoms with Gasteiger partial charge in [-0.2, -0.15) is 0 Å². The molecule has 0 aliphatic rings. The molecule has 0 atom stereocenters. The molecule has 0 saturated carbocycles. The first kappa shape index (κ1) is 15.3. The minimum atomic E-state index is -0.742. The molecule has 0 aliphatic heterocycles. The maximum Gasteiger partial charge on any atom is 0.243 e. The Kier molecular flexibility index (Phi) is 4.75. The highest BCUT2D eigenvalue weighted by Gasteiger charge is 2.12. The van der Waals surface area contributed by atoms with Crippen molar-refractivity contribution in [3.63, 3.8) is 0 Å². The normalized spacial score (nSPS) is 10.3. The molecule has 0 bridgehead atoms. The Morgan fingerprint density at radius 3 is 2.71 bits per heavy atom. The number of carbonyl (C=O) groups is 1. The van der Waals surface area contributed by atoms with Crippen molar-refractivity contribution in [2.24, 2.45) is 0 Å². The van der Waals surface area contributed by atoms with Crippen LogP contribution in [0.2, 0.25) is 5.02 Å². The second-order valence-electron chi connectivity index (χ2n) is 4.47. The highest BCUT2D eigenvalue weighted by molar-refractivity contribution is 6.30. The molecule has 0 saturated heterocycles. The van der Waals surface area contributed by atoms with Crippen molar-refractivity contribution in [3.8, 4) is 0 Å². The quantitative estimate of drug-likeness (QED) is 0.897. The van der Waals surface area contributed by atoms with Crippen molar-refractivity contribution >= 4 is 28.9 Å². The van der Waals surface area contributed by atoms with Gasteiger partial charge in [0.25, 0.3) is 0 Å². The molecule has 3 nitrogen and oxygen atoms in total. The number of carbonyl (C=O) groups excluding carboxylic acids is 1. The van der Waals surface area contributed by atoms with Gasteiger partial charge in [-0.25, -0.2) is 8.78 Å². The molecule has 0 unspecified atom stereocenters. The number of hydrogen-bond donors (Lipinski definition) is 2. The van der Waals surface area contributed by atoms with Gasteiger partial charge in [-0.15, -0.1) is 0 Å². The van der Waals surface area contributed by atoms with E-state index in [-0.39, 0.29) is 12.2 Å². The number of benzene rings is 2. The minimum Gasteiger partial charge on any atom is -0.371 e. The molecule has 0 radical (unpaired) electrons. The van der Waals surface area contributed by atoms with Crippen LogP contribution in [-0.2, 0) is 4.79 Å². The van der Waals surface area contributed by atoms with Crippen LogP contribution >= 0.6 is 11.6 Å². The van der Waals surface area contributed by atoms with E-state index in [0.717, 1.165) is 6.07 Å². The Hall–Kier alpha value is -2.14. The zero-order valence-electron chi connectivity index (χ0n) is 11.2. The molecule has 6 heteroatoms. The predicted octanol–water partition coefficient (Wildman–Crippen LogP) is 3.98. The minimum absolute atomic E-state index is 0.260. The first-order valence-corrected chi connectivity index (χ1v) is 6.59. The molecule has 2 aromatic carbocycles. The van der Waals surface area contributed by atoms with Crippen LogP contribution in [0.1, 0.15) is 5.56 Å². The summed E-state index contributed by atoms with van der Waals surface area (Å²) in [5.74, 6) is -1.88. The van der Waals surface area contributed by atoms with E-state index in [4.69, 9.17) is 11.6 Å². The van der Waals surface area contributed by atoms with Gasteiger partial charge in [0.2, 0.25) is 5.91 Å². The molecular weight excluding hydrogens is 298 g/mol. The summed E-state index contributed by atoms with van der Waals surface area (Å²) in [6, 6.07) is 9.08. The van der Waals surface area contributed by atoms with E-state index in [0.29, 0.717) is 16.3 Å². The Bertz CT molecular complexity index is 677. The fourth-order valence-corrected chi connectivity index (χ4v) is 1.95. The van der Waals surface area contributed by atoms with Crippen molar-refractivity contribution in [3.05, 3.63) is 58.6 Å². The Labute approximate surface area is 125 Å². The maximum atomic E-state index is 13.7. The topological polar surface area (TPSA) is 41.1 Å². The van der Waals surface area contributed by atoms with Crippen molar-refractivity contribution in [1.82, 2.24) is 0 Å². The number of rotatable bonds is 4. The molecule has 0 fully saturated rings. The molecule has 110 valence electrons. The molecule has 0 aliphatic carbocycles. The zero-order chi connectivity index (χ0) is 15.4. The van der Waals surface area contributed by atoms with E-state index in [1.165, 1.54) is 13.0 Å². The van der Waals surface area contributed by atoms with Gasteiger partial charge in [-0.1, -0.05) is 23.7 Å². The van der Waals surface area contributed by atoms with Crippen LogP contribution in [0.15, 0.2) is 36.4 Å². The number of anilines is 2. The van der Waals surface area contributed by atoms with E-state index in [2.05, 4.69) is 10.6 Å². The van der Waals surface area contributed by atoms with Crippen molar-refractivity contribution in [1.29, 1.82) is 0 Å². The molecular formula is C15H13ClF2N2O. The molecule has 0 heterocycles. The smallest absolute Gasteiger partial charge is 0.243 e. The highest BCUT2D eigenvalue weighted by Crippen LogP contribution is 2.21. The van der Waals surface area contributed by atoms with E-state index < -0.39 is 17.5 Å². The summed E-state index contributed by atoms with van der Waals surface area (Å²) in [6.45, 7) is 1.26. The summed E-state index contributed by atoms with van der Waals surface area (Å²) < 4.78 is 27.3. The monoisotopic (exact) mass is 310 g/mol. The maximum absolute atomic E-state index is 13.7. The molecule has 2 aromatic rings. The first-order valence-electron chi connectivity index (χ1n) is 6.21. The molecule has 1 amide bonds. The van der Waals surface area contributed by atoms with Crippen LogP contribution < -0.4 is 10.6 Å². The van der Waals surface area contributed by atoms with Crippen LogP contribution in [0.5, 0.6) is 0 Å². The Balaban J connectivity index is 2.00. The van der Waals surface area contributed by atoms with Gasteiger partial charge in [-0.05, 0) is 36.8 Å². The lowest BCUT2D eigenvalue weighted by Gasteiger charge is -2.10. The van der Waals surface area contributed by atoms with Crippen LogP contribution in [0, 0.1) is 18.6 Å². The molecule has 2 N–H and O–H groups in total. The van der Waals surface area contributed by atoms with Gasteiger partial charge < -0.3 is 10.6 Å². The largest absolute Gasteiger partial charge is 0.371 e. The number of hydrogen-bond acceptors (Lipinski definition) is 2. The molecule has 0 spiro atoms. The van der Waals surface area contributed by atoms with Crippen LogP contribution in [0.25, 0.3) is 0 Å². The van der Waals surface area contributed by atoms with Gasteiger partial charge in [0, 0.05) is 10.7 Å². The first-order chi connectivity index (χ1) is 9.97. The summed E-state index contributed by atoms with van der Waals surface area (Å²) in [5.41, 5.74) is 0.505. The average molecular weight is 311 g/mol. The van der Waals surface area contributed by atoms with Crippen molar-refractivity contribution in [2.45, 2.75) is 6.92 Å². The van der Waals surface area contributed by atoms with Crippen LogP contribution in [-0.4, -0.2) is 12.5 Å². The lowest BCUT2D eigenvalue weighted by atomic mass is 10.2. The van der Waals surface area contributed by atoms with Crippen LogP contribution in [0.4, 0.5) is 20.2 Å². The zero-order valence-corrected chi connectivity index (χ0v) is 12.0. The fraction of sp³-hybridized carbons (Fsp3) is 0.133. The predicted molar refractivity (Wildman–Crippen MR) is 79.7 cm³/mol. The summed E-state index contributed by atoms with van der Waals surface area (Å²) in [5, 5.41) is 5.52. The lowest BCUT2D eigenvalue weighted by Crippen LogP contribution is -2.22. The number of amides is 1. The Morgan fingerprint density at radius 1 is 1.24 bits per heavy atom.